The van der Waals surface area contributed by atoms with E-state index in [4.69, 9.17) is 4.74 Å². The molecule has 0 spiro atoms. The molecule has 0 aliphatic carbocycles. The van der Waals surface area contributed by atoms with E-state index in [-0.39, 0.29) is 11.6 Å². The topological polar surface area (TPSA) is 24.5 Å². The van der Waals surface area contributed by atoms with Gasteiger partial charge in [-0.25, -0.2) is 8.78 Å². The Morgan fingerprint density at radius 3 is 1.79 bits per heavy atom. The summed E-state index contributed by atoms with van der Waals surface area (Å²) in [7, 11) is 1.65. The van der Waals surface area contributed by atoms with Gasteiger partial charge in [-0.1, -0.05) is 24.3 Å². The predicted molar refractivity (Wildman–Crippen MR) is 89.9 cm³/mol. The summed E-state index contributed by atoms with van der Waals surface area (Å²) < 4.78 is 32.8. The Hall–Kier alpha value is -1.82. The average molecular weight is 332 g/mol. The zero-order valence-corrected chi connectivity index (χ0v) is 13.8. The molecule has 128 valence electrons. The molecule has 0 saturated carbocycles. The molecule has 24 heavy (non-hydrogen) atoms. The number of halogens is 2. The first-order chi connectivity index (χ1) is 11.6. The maximum absolute atomic E-state index is 13.4. The monoisotopic (exact) mass is 332 g/mol. The molecule has 1 heterocycles. The van der Waals surface area contributed by atoms with Gasteiger partial charge in [-0.15, -0.1) is 0 Å². The van der Waals surface area contributed by atoms with Crippen molar-refractivity contribution >= 4 is 0 Å². The first-order valence-corrected chi connectivity index (χ1v) is 8.14. The molecule has 5 heteroatoms. The molecule has 1 N–H and O–H groups in total. The molecule has 0 atom stereocenters. The van der Waals surface area contributed by atoms with E-state index in [1.807, 2.05) is 0 Å². The summed E-state index contributed by atoms with van der Waals surface area (Å²) in [6.07, 6.45) is 0. The lowest BCUT2D eigenvalue weighted by molar-refractivity contribution is -0.0113. The van der Waals surface area contributed by atoms with Crippen molar-refractivity contribution in [2.75, 3.05) is 39.8 Å². The van der Waals surface area contributed by atoms with Gasteiger partial charge in [0.05, 0.1) is 0 Å². The molecule has 1 saturated heterocycles. The maximum atomic E-state index is 13.4. The Balaban J connectivity index is 2.03. The second-order valence-electron chi connectivity index (χ2n) is 6.07. The lowest BCUT2D eigenvalue weighted by atomic mass is 9.85. The van der Waals surface area contributed by atoms with Gasteiger partial charge in [-0.2, -0.15) is 0 Å². The number of benzene rings is 2. The highest BCUT2D eigenvalue weighted by Crippen LogP contribution is 2.34. The van der Waals surface area contributed by atoms with Crippen molar-refractivity contribution in [2.45, 2.75) is 5.60 Å². The van der Waals surface area contributed by atoms with Gasteiger partial charge in [0.15, 0.2) is 0 Å². The Kier molecular flexibility index (Phi) is 5.23. The fraction of sp³-hybridized carbons (Fsp3) is 0.368. The van der Waals surface area contributed by atoms with Crippen LogP contribution in [0.25, 0.3) is 0 Å². The van der Waals surface area contributed by atoms with Crippen LogP contribution in [0.1, 0.15) is 11.1 Å². The van der Waals surface area contributed by atoms with Crippen LogP contribution in [0.5, 0.6) is 0 Å². The zero-order chi connectivity index (χ0) is 17.0. The van der Waals surface area contributed by atoms with Gasteiger partial charge in [0.2, 0.25) is 0 Å². The van der Waals surface area contributed by atoms with E-state index in [2.05, 4.69) is 10.2 Å². The summed E-state index contributed by atoms with van der Waals surface area (Å²) in [5, 5.41) is 3.33. The van der Waals surface area contributed by atoms with Crippen molar-refractivity contribution in [3.05, 3.63) is 71.3 Å². The first-order valence-electron chi connectivity index (χ1n) is 8.14. The van der Waals surface area contributed by atoms with Crippen LogP contribution in [0.3, 0.4) is 0 Å². The van der Waals surface area contributed by atoms with Crippen LogP contribution in [0, 0.1) is 11.6 Å². The van der Waals surface area contributed by atoms with Crippen molar-refractivity contribution in [3.8, 4) is 0 Å². The molecule has 0 aromatic heterocycles. The summed E-state index contributed by atoms with van der Waals surface area (Å²) in [5.74, 6) is -0.574. The van der Waals surface area contributed by atoms with E-state index in [9.17, 15) is 8.78 Å². The molecule has 1 fully saturated rings. The van der Waals surface area contributed by atoms with Crippen molar-refractivity contribution in [3.63, 3.8) is 0 Å². The van der Waals surface area contributed by atoms with Crippen LogP contribution in [0.15, 0.2) is 48.5 Å². The number of hydrogen-bond donors (Lipinski definition) is 1. The molecule has 0 amide bonds. The van der Waals surface area contributed by atoms with Crippen molar-refractivity contribution < 1.29 is 13.5 Å². The van der Waals surface area contributed by atoms with Gasteiger partial charge in [-0.3, -0.25) is 4.90 Å². The molecule has 1 aliphatic heterocycles. The Morgan fingerprint density at radius 1 is 0.917 bits per heavy atom. The minimum Gasteiger partial charge on any atom is -0.367 e. The second-order valence-corrected chi connectivity index (χ2v) is 6.07. The van der Waals surface area contributed by atoms with E-state index in [0.29, 0.717) is 6.54 Å². The summed E-state index contributed by atoms with van der Waals surface area (Å²) in [6.45, 7) is 4.29. The zero-order valence-electron chi connectivity index (χ0n) is 13.8. The SMILES string of the molecule is COC(CN1CCNCC1)(c1ccc(F)cc1)c1ccc(F)cc1. The summed E-state index contributed by atoms with van der Waals surface area (Å²) in [5.41, 5.74) is 0.951. The van der Waals surface area contributed by atoms with Gasteiger partial charge in [-0.05, 0) is 35.4 Å². The number of ether oxygens (including phenoxy) is 1. The van der Waals surface area contributed by atoms with E-state index < -0.39 is 5.60 Å². The fourth-order valence-corrected chi connectivity index (χ4v) is 3.27. The standard InChI is InChI=1S/C19H22F2N2O/c1-24-19(14-23-12-10-22-11-13-23,15-2-6-17(20)7-3-15)16-4-8-18(21)9-5-16/h2-9,22H,10-14H2,1H3. The molecular formula is C19H22F2N2O. The predicted octanol–water partition coefficient (Wildman–Crippen LogP) is 2.76. The molecule has 2 aromatic carbocycles. The normalized spacial score (nSPS) is 16.3. The van der Waals surface area contributed by atoms with E-state index in [1.165, 1.54) is 24.3 Å². The molecule has 0 radical (unpaired) electrons. The lowest BCUT2D eigenvalue weighted by Gasteiger charge is -2.39. The van der Waals surface area contributed by atoms with Gasteiger partial charge in [0, 0.05) is 39.8 Å². The summed E-state index contributed by atoms with van der Waals surface area (Å²) in [6, 6.07) is 12.7. The number of nitrogens with zero attached hydrogens (tertiary/aromatic N) is 1. The summed E-state index contributed by atoms with van der Waals surface area (Å²) >= 11 is 0. The number of nitrogens with one attached hydrogen (secondary N) is 1. The molecule has 0 bridgehead atoms. The highest BCUT2D eigenvalue weighted by molar-refractivity contribution is 5.37. The molecular weight excluding hydrogens is 310 g/mol. The molecule has 2 aromatic rings. The number of rotatable bonds is 5. The van der Waals surface area contributed by atoms with Gasteiger partial charge >= 0.3 is 0 Å². The second kappa shape index (κ2) is 7.38. The van der Waals surface area contributed by atoms with Crippen LogP contribution < -0.4 is 5.32 Å². The van der Waals surface area contributed by atoms with Gasteiger partial charge in [0.1, 0.15) is 17.2 Å². The Labute approximate surface area is 141 Å². The van der Waals surface area contributed by atoms with E-state index >= 15 is 0 Å². The fourth-order valence-electron chi connectivity index (χ4n) is 3.27. The average Bonchev–Trinajstić information content (AvgIpc) is 2.62. The van der Waals surface area contributed by atoms with Gasteiger partial charge < -0.3 is 10.1 Å². The number of hydrogen-bond acceptors (Lipinski definition) is 3. The Morgan fingerprint density at radius 2 is 1.38 bits per heavy atom. The third-order valence-corrected chi connectivity index (χ3v) is 4.63. The van der Waals surface area contributed by atoms with Crippen molar-refractivity contribution in [1.82, 2.24) is 10.2 Å². The van der Waals surface area contributed by atoms with Crippen LogP contribution in [0.2, 0.25) is 0 Å². The minimum atomic E-state index is -0.765. The highest BCUT2D eigenvalue weighted by Gasteiger charge is 2.36. The van der Waals surface area contributed by atoms with Crippen LogP contribution in [-0.2, 0) is 10.3 Å². The smallest absolute Gasteiger partial charge is 0.130 e. The van der Waals surface area contributed by atoms with Crippen molar-refractivity contribution in [2.24, 2.45) is 0 Å². The van der Waals surface area contributed by atoms with Crippen LogP contribution in [-0.4, -0.2) is 44.7 Å². The first kappa shape index (κ1) is 17.0. The van der Waals surface area contributed by atoms with Crippen LogP contribution in [0.4, 0.5) is 8.78 Å². The maximum Gasteiger partial charge on any atom is 0.130 e. The molecule has 3 rings (SSSR count). The number of piperazine rings is 1. The van der Waals surface area contributed by atoms with Crippen LogP contribution >= 0.6 is 0 Å². The van der Waals surface area contributed by atoms with E-state index in [1.54, 1.807) is 31.4 Å². The third kappa shape index (κ3) is 3.48. The quantitative estimate of drug-likeness (QED) is 0.911. The molecule has 3 nitrogen and oxygen atoms in total. The largest absolute Gasteiger partial charge is 0.367 e. The van der Waals surface area contributed by atoms with E-state index in [0.717, 1.165) is 37.3 Å². The molecule has 1 aliphatic rings. The van der Waals surface area contributed by atoms with Gasteiger partial charge in [0.25, 0.3) is 0 Å². The van der Waals surface area contributed by atoms with Crippen molar-refractivity contribution in [1.29, 1.82) is 0 Å². The summed E-state index contributed by atoms with van der Waals surface area (Å²) in [4.78, 5) is 2.31. The minimum absolute atomic E-state index is 0.287. The molecule has 0 unspecified atom stereocenters. The number of methoxy groups -OCH3 is 1. The third-order valence-electron chi connectivity index (χ3n) is 4.63. The highest BCUT2D eigenvalue weighted by atomic mass is 19.1. The Bertz CT molecular complexity index is 607. The lowest BCUT2D eigenvalue weighted by Crippen LogP contribution is -2.50.